The molecule has 0 saturated heterocycles. The van der Waals surface area contributed by atoms with E-state index in [9.17, 15) is 26.9 Å². The van der Waals surface area contributed by atoms with Gasteiger partial charge in [0.25, 0.3) is 0 Å². The predicted molar refractivity (Wildman–Crippen MR) is 110 cm³/mol. The van der Waals surface area contributed by atoms with E-state index in [0.717, 1.165) is 0 Å². The van der Waals surface area contributed by atoms with E-state index < -0.39 is 19.2 Å². The maximum absolute atomic E-state index is 10.5. The number of carbonyl (C=O) groups is 2. The molecule has 174 valence electrons. The number of benzene rings is 1. The van der Waals surface area contributed by atoms with Crippen molar-refractivity contribution in [3.05, 3.63) is 54.1 Å². The number of unbranched alkanes of at least 4 members (excludes halogenated alkanes) is 5. The molecule has 2 rings (SSSR count). The lowest BCUT2D eigenvalue weighted by Crippen LogP contribution is -2.30. The van der Waals surface area contributed by atoms with Crippen molar-refractivity contribution in [3.63, 3.8) is 0 Å². The third kappa shape index (κ3) is 15.6. The largest absolute Gasteiger partial charge is 0.673 e. The number of halogens is 4. The van der Waals surface area contributed by atoms with Gasteiger partial charge in [0.15, 0.2) is 0 Å². The average molecular weight is 448 g/mol. The van der Waals surface area contributed by atoms with Crippen LogP contribution in [0.3, 0.4) is 0 Å². The standard InChI is InChI=1S/C12H23N2.C8H6O4.BF4/c1-3-4-5-6-7-8-9-14-11-10-13(2)12-14;9-7(10)5-3-1-2-4-6(5)8(11)12;2-1(3,4)5/h10-12H,3-9H2,1-2H3;1-4H,(H,9,10)(H,11,12);/q+1;;-1. The van der Waals surface area contributed by atoms with Gasteiger partial charge in [-0.05, 0) is 25.0 Å². The van der Waals surface area contributed by atoms with E-state index in [0.29, 0.717) is 0 Å². The Hall–Kier alpha value is -2.85. The van der Waals surface area contributed by atoms with Crippen molar-refractivity contribution in [2.24, 2.45) is 7.05 Å². The van der Waals surface area contributed by atoms with Gasteiger partial charge in [-0.2, -0.15) is 0 Å². The molecule has 0 aliphatic heterocycles. The Bertz CT molecular complexity index is 758. The molecule has 0 amide bonds. The molecule has 0 aliphatic rings. The summed E-state index contributed by atoms with van der Waals surface area (Å²) in [6.07, 6.45) is 14.6. The Kier molecular flexibility index (Phi) is 13.7. The fourth-order valence-corrected chi connectivity index (χ4v) is 2.56. The highest BCUT2D eigenvalue weighted by molar-refractivity contribution is 6.50. The van der Waals surface area contributed by atoms with Crippen LogP contribution in [0.5, 0.6) is 0 Å². The van der Waals surface area contributed by atoms with Gasteiger partial charge in [0.2, 0.25) is 6.33 Å². The van der Waals surface area contributed by atoms with Crippen molar-refractivity contribution in [1.29, 1.82) is 0 Å². The minimum Gasteiger partial charge on any atom is -0.478 e. The van der Waals surface area contributed by atoms with Crippen LogP contribution in [0.1, 0.15) is 66.2 Å². The van der Waals surface area contributed by atoms with Gasteiger partial charge in [-0.25, -0.2) is 18.7 Å². The minimum atomic E-state index is -6.00. The summed E-state index contributed by atoms with van der Waals surface area (Å²) >= 11 is 0. The average Bonchev–Trinajstić information content (AvgIpc) is 3.09. The summed E-state index contributed by atoms with van der Waals surface area (Å²) in [5.41, 5.74) is -0.380. The summed E-state index contributed by atoms with van der Waals surface area (Å²) in [6, 6.07) is 5.48. The molecule has 11 heteroatoms. The topological polar surface area (TPSA) is 83.4 Å². The normalized spacial score (nSPS) is 10.4. The molecular weight excluding hydrogens is 419 g/mol. The first kappa shape index (κ1) is 28.2. The van der Waals surface area contributed by atoms with Crippen molar-refractivity contribution in [1.82, 2.24) is 4.57 Å². The molecule has 0 fully saturated rings. The lowest BCUT2D eigenvalue weighted by atomic mass is 10.1. The van der Waals surface area contributed by atoms with Crippen molar-refractivity contribution in [2.75, 3.05) is 0 Å². The molecule has 6 nitrogen and oxygen atoms in total. The van der Waals surface area contributed by atoms with Gasteiger partial charge in [0.1, 0.15) is 12.4 Å². The second-order valence-electron chi connectivity index (χ2n) is 6.74. The van der Waals surface area contributed by atoms with E-state index in [2.05, 4.69) is 41.8 Å². The van der Waals surface area contributed by atoms with Gasteiger partial charge >= 0.3 is 19.2 Å². The summed E-state index contributed by atoms with van der Waals surface area (Å²) in [4.78, 5) is 20.9. The zero-order valence-electron chi connectivity index (χ0n) is 17.7. The summed E-state index contributed by atoms with van der Waals surface area (Å²) < 4.78 is 43.4. The number of imidazole rings is 1. The smallest absolute Gasteiger partial charge is 0.478 e. The fraction of sp³-hybridized carbons (Fsp3) is 0.450. The molecule has 0 bridgehead atoms. The van der Waals surface area contributed by atoms with Crippen LogP contribution in [0.25, 0.3) is 0 Å². The van der Waals surface area contributed by atoms with Gasteiger partial charge < -0.3 is 27.5 Å². The van der Waals surface area contributed by atoms with Crippen LogP contribution >= 0.6 is 0 Å². The zero-order chi connectivity index (χ0) is 23.9. The van der Waals surface area contributed by atoms with E-state index in [-0.39, 0.29) is 11.1 Å². The Morgan fingerprint density at radius 1 is 0.935 bits per heavy atom. The van der Waals surface area contributed by atoms with Crippen LogP contribution in [-0.4, -0.2) is 34.0 Å². The second kappa shape index (κ2) is 15.0. The number of aromatic carboxylic acids is 2. The van der Waals surface area contributed by atoms with Crippen molar-refractivity contribution in [2.45, 2.75) is 52.0 Å². The third-order valence-corrected chi connectivity index (χ3v) is 3.98. The number of carboxylic acids is 2. The molecule has 2 N–H and O–H groups in total. The molecular formula is C20H29BF4N2O4. The number of aryl methyl sites for hydroxylation is 2. The summed E-state index contributed by atoms with van der Waals surface area (Å²) in [5.74, 6) is -2.46. The highest BCUT2D eigenvalue weighted by atomic mass is 19.5. The number of hydrogen-bond donors (Lipinski definition) is 2. The Morgan fingerprint density at radius 2 is 1.39 bits per heavy atom. The summed E-state index contributed by atoms with van der Waals surface area (Å²) in [6.45, 7) is 3.44. The van der Waals surface area contributed by atoms with Gasteiger partial charge in [-0.15, -0.1) is 0 Å². The van der Waals surface area contributed by atoms with Gasteiger partial charge in [-0.1, -0.05) is 44.7 Å². The molecule has 0 atom stereocenters. The Morgan fingerprint density at radius 3 is 1.77 bits per heavy atom. The monoisotopic (exact) mass is 448 g/mol. The maximum Gasteiger partial charge on any atom is 0.673 e. The molecule has 0 unspecified atom stereocenters. The van der Waals surface area contributed by atoms with E-state index in [1.54, 1.807) is 0 Å². The summed E-state index contributed by atoms with van der Waals surface area (Å²) in [7, 11) is -3.93. The van der Waals surface area contributed by atoms with E-state index in [1.165, 1.54) is 69.3 Å². The molecule has 1 aromatic carbocycles. The quantitative estimate of drug-likeness (QED) is 0.243. The fourth-order valence-electron chi connectivity index (χ4n) is 2.56. The number of carboxylic acid groups (broad SMARTS) is 2. The number of aromatic nitrogens is 2. The van der Waals surface area contributed by atoms with Gasteiger partial charge in [0, 0.05) is 0 Å². The van der Waals surface area contributed by atoms with Crippen molar-refractivity contribution < 1.29 is 41.6 Å². The number of rotatable bonds is 9. The molecule has 2 aromatic rings. The maximum atomic E-state index is 10.5. The van der Waals surface area contributed by atoms with Gasteiger partial charge in [0.05, 0.1) is 24.7 Å². The van der Waals surface area contributed by atoms with Crippen LogP contribution in [0.4, 0.5) is 17.3 Å². The van der Waals surface area contributed by atoms with Crippen LogP contribution in [-0.2, 0) is 13.6 Å². The highest BCUT2D eigenvalue weighted by Crippen LogP contribution is 2.08. The predicted octanol–water partition coefficient (Wildman–Crippen LogP) is 5.06. The highest BCUT2D eigenvalue weighted by Gasteiger charge is 2.20. The first-order valence-corrected chi connectivity index (χ1v) is 9.89. The molecule has 0 saturated carbocycles. The van der Waals surface area contributed by atoms with Crippen LogP contribution in [0, 0.1) is 0 Å². The van der Waals surface area contributed by atoms with E-state index in [1.807, 2.05) is 0 Å². The van der Waals surface area contributed by atoms with Crippen LogP contribution < -0.4 is 4.57 Å². The molecule has 1 heterocycles. The molecule has 31 heavy (non-hydrogen) atoms. The lowest BCUT2D eigenvalue weighted by molar-refractivity contribution is -0.696. The van der Waals surface area contributed by atoms with Gasteiger partial charge in [-0.3, -0.25) is 0 Å². The first-order valence-electron chi connectivity index (χ1n) is 9.89. The first-order chi connectivity index (χ1) is 14.5. The molecule has 0 aliphatic carbocycles. The Labute approximate surface area is 179 Å². The second-order valence-corrected chi connectivity index (χ2v) is 6.74. The zero-order valence-corrected chi connectivity index (χ0v) is 17.7. The number of hydrogen-bond acceptors (Lipinski definition) is 2. The van der Waals surface area contributed by atoms with Crippen molar-refractivity contribution >= 4 is 19.2 Å². The summed E-state index contributed by atoms with van der Waals surface area (Å²) in [5, 5.41) is 17.1. The van der Waals surface area contributed by atoms with Crippen LogP contribution in [0.2, 0.25) is 0 Å². The SMILES string of the molecule is CCCCCCCC[n+]1ccn(C)c1.F[B-](F)(F)F.O=C(O)c1ccccc1C(=O)O. The van der Waals surface area contributed by atoms with Crippen molar-refractivity contribution in [3.8, 4) is 0 Å². The lowest BCUT2D eigenvalue weighted by Gasteiger charge is -1.98. The molecule has 0 radical (unpaired) electrons. The third-order valence-electron chi connectivity index (χ3n) is 3.98. The minimum absolute atomic E-state index is 0.190. The Balaban J connectivity index is 0.000000483. The number of nitrogens with zero attached hydrogens (tertiary/aromatic N) is 2. The van der Waals surface area contributed by atoms with E-state index >= 15 is 0 Å². The molecule has 1 aromatic heterocycles. The van der Waals surface area contributed by atoms with E-state index in [4.69, 9.17) is 10.2 Å². The molecule has 0 spiro atoms. The van der Waals surface area contributed by atoms with Crippen LogP contribution in [0.15, 0.2) is 43.0 Å².